The second-order valence-corrected chi connectivity index (χ2v) is 5.23. The molecule has 19 heavy (non-hydrogen) atoms. The van der Waals surface area contributed by atoms with Gasteiger partial charge >= 0.3 is 5.97 Å². The van der Waals surface area contributed by atoms with Crippen molar-refractivity contribution in [3.05, 3.63) is 22.6 Å². The Hall–Kier alpha value is -1.34. The molecule has 1 aromatic heterocycles. The van der Waals surface area contributed by atoms with Crippen LogP contribution in [0.15, 0.2) is 21.2 Å². The predicted octanol–water partition coefficient (Wildman–Crippen LogP) is 1.27. The number of halogens is 1. The Morgan fingerprint density at radius 2 is 1.95 bits per heavy atom. The monoisotopic (exact) mass is 330 g/mol. The molecule has 1 aliphatic rings. The smallest absolute Gasteiger partial charge is 0.320 e. The average Bonchev–Trinajstić information content (AvgIpc) is 2.84. The molecular weight excluding hydrogens is 316 g/mol. The lowest BCUT2D eigenvalue weighted by Gasteiger charge is -2.36. The van der Waals surface area contributed by atoms with Gasteiger partial charge in [0.25, 0.3) is 5.91 Å². The van der Waals surface area contributed by atoms with Gasteiger partial charge in [-0.1, -0.05) is 0 Å². The van der Waals surface area contributed by atoms with E-state index in [0.29, 0.717) is 36.6 Å². The molecule has 0 saturated carbocycles. The number of aliphatic carboxylic acids is 1. The van der Waals surface area contributed by atoms with Crippen LogP contribution in [0.3, 0.4) is 0 Å². The number of carbonyl (C=O) groups is 2. The van der Waals surface area contributed by atoms with E-state index in [1.807, 2.05) is 4.90 Å². The zero-order valence-electron chi connectivity index (χ0n) is 10.5. The van der Waals surface area contributed by atoms with Gasteiger partial charge in [-0.2, -0.15) is 0 Å². The van der Waals surface area contributed by atoms with Gasteiger partial charge in [-0.05, 0) is 35.0 Å². The van der Waals surface area contributed by atoms with Gasteiger partial charge in [-0.25, -0.2) is 0 Å². The van der Waals surface area contributed by atoms with Gasteiger partial charge in [-0.15, -0.1) is 0 Å². The molecule has 1 aliphatic heterocycles. The highest BCUT2D eigenvalue weighted by Gasteiger charge is 2.28. The topological polar surface area (TPSA) is 74.0 Å². The minimum atomic E-state index is -0.838. The maximum absolute atomic E-state index is 12.1. The van der Waals surface area contributed by atoms with Crippen molar-refractivity contribution in [3.8, 4) is 0 Å². The highest BCUT2D eigenvalue weighted by Crippen LogP contribution is 2.17. The lowest BCUT2D eigenvalue weighted by Crippen LogP contribution is -2.53. The number of hydrogen-bond donors (Lipinski definition) is 1. The Morgan fingerprint density at radius 3 is 2.42 bits per heavy atom. The van der Waals surface area contributed by atoms with E-state index in [9.17, 15) is 9.59 Å². The van der Waals surface area contributed by atoms with E-state index >= 15 is 0 Å². The summed E-state index contributed by atoms with van der Waals surface area (Å²) >= 11 is 3.16. The van der Waals surface area contributed by atoms with E-state index < -0.39 is 12.0 Å². The van der Waals surface area contributed by atoms with Crippen molar-refractivity contribution in [1.82, 2.24) is 9.80 Å². The highest BCUT2D eigenvalue weighted by molar-refractivity contribution is 9.10. The molecule has 1 atom stereocenters. The van der Waals surface area contributed by atoms with Crippen LogP contribution < -0.4 is 0 Å². The van der Waals surface area contributed by atoms with Crippen LogP contribution in [-0.2, 0) is 4.79 Å². The average molecular weight is 331 g/mol. The third-order valence-corrected chi connectivity index (χ3v) is 3.72. The molecule has 7 heteroatoms. The summed E-state index contributed by atoms with van der Waals surface area (Å²) in [6.45, 7) is 3.79. The second kappa shape index (κ2) is 5.75. The van der Waals surface area contributed by atoms with Crippen molar-refractivity contribution in [2.75, 3.05) is 26.2 Å². The molecule has 1 saturated heterocycles. The molecule has 2 heterocycles. The molecule has 0 spiro atoms. The first-order valence-corrected chi connectivity index (χ1v) is 6.80. The number of carboxylic acids is 1. The lowest BCUT2D eigenvalue weighted by molar-refractivity contribution is -0.143. The van der Waals surface area contributed by atoms with Gasteiger partial charge in [0.05, 0.1) is 0 Å². The zero-order valence-corrected chi connectivity index (χ0v) is 12.1. The molecule has 1 amide bonds. The molecule has 1 unspecified atom stereocenters. The van der Waals surface area contributed by atoms with Crippen LogP contribution in [-0.4, -0.2) is 59.0 Å². The van der Waals surface area contributed by atoms with E-state index in [2.05, 4.69) is 15.9 Å². The first kappa shape index (κ1) is 14.1. The van der Waals surface area contributed by atoms with Crippen molar-refractivity contribution in [2.24, 2.45) is 0 Å². The van der Waals surface area contributed by atoms with Crippen LogP contribution in [0, 0.1) is 0 Å². The van der Waals surface area contributed by atoms with Gasteiger partial charge in [0.2, 0.25) is 0 Å². The Labute approximate surface area is 119 Å². The van der Waals surface area contributed by atoms with Crippen LogP contribution >= 0.6 is 15.9 Å². The fourth-order valence-corrected chi connectivity index (χ4v) is 2.36. The minimum Gasteiger partial charge on any atom is -0.480 e. The normalized spacial score (nSPS) is 18.3. The van der Waals surface area contributed by atoms with Gasteiger partial charge in [0.1, 0.15) is 6.04 Å². The van der Waals surface area contributed by atoms with Crippen molar-refractivity contribution >= 4 is 27.8 Å². The number of carboxylic acid groups (broad SMARTS) is 1. The number of carbonyl (C=O) groups excluding carboxylic acids is 1. The largest absolute Gasteiger partial charge is 0.480 e. The molecule has 0 aromatic carbocycles. The van der Waals surface area contributed by atoms with Crippen LogP contribution in [0.25, 0.3) is 0 Å². The van der Waals surface area contributed by atoms with Crippen LogP contribution in [0.4, 0.5) is 0 Å². The van der Waals surface area contributed by atoms with Gasteiger partial charge < -0.3 is 14.4 Å². The molecule has 0 radical (unpaired) electrons. The van der Waals surface area contributed by atoms with Crippen LogP contribution in [0.1, 0.15) is 17.5 Å². The quantitative estimate of drug-likeness (QED) is 0.903. The fourth-order valence-electron chi connectivity index (χ4n) is 2.05. The summed E-state index contributed by atoms with van der Waals surface area (Å²) < 4.78 is 5.75. The molecule has 0 aliphatic carbocycles. The zero-order chi connectivity index (χ0) is 14.0. The van der Waals surface area contributed by atoms with E-state index in [1.165, 1.54) is 0 Å². The Morgan fingerprint density at radius 1 is 1.32 bits per heavy atom. The fraction of sp³-hybridized carbons (Fsp3) is 0.500. The molecular formula is C12H15BrN2O4. The minimum absolute atomic E-state index is 0.159. The SMILES string of the molecule is CC(C(=O)O)N1CCN(C(=O)c2ccc(Br)o2)CC1. The second-order valence-electron chi connectivity index (χ2n) is 4.45. The number of rotatable bonds is 3. The molecule has 2 rings (SSSR count). The molecule has 6 nitrogen and oxygen atoms in total. The summed E-state index contributed by atoms with van der Waals surface area (Å²) in [5.74, 6) is -0.699. The molecule has 1 N–H and O–H groups in total. The summed E-state index contributed by atoms with van der Waals surface area (Å²) in [6, 6.07) is 2.78. The van der Waals surface area contributed by atoms with Crippen molar-refractivity contribution in [1.29, 1.82) is 0 Å². The highest BCUT2D eigenvalue weighted by atomic mass is 79.9. The van der Waals surface area contributed by atoms with Gasteiger partial charge in [0.15, 0.2) is 10.4 Å². The van der Waals surface area contributed by atoms with Crippen LogP contribution in [0.2, 0.25) is 0 Å². The third kappa shape index (κ3) is 3.16. The number of hydrogen-bond acceptors (Lipinski definition) is 4. The Bertz CT molecular complexity index is 480. The Kier molecular flexibility index (Phi) is 4.26. The summed E-state index contributed by atoms with van der Waals surface area (Å²) in [7, 11) is 0. The molecule has 0 bridgehead atoms. The number of nitrogens with zero attached hydrogens (tertiary/aromatic N) is 2. The molecule has 104 valence electrons. The van der Waals surface area contributed by atoms with Crippen molar-refractivity contribution in [2.45, 2.75) is 13.0 Å². The summed E-state index contributed by atoms with van der Waals surface area (Å²) in [6.07, 6.45) is 0. The summed E-state index contributed by atoms with van der Waals surface area (Å²) in [4.78, 5) is 26.5. The third-order valence-electron chi connectivity index (χ3n) is 3.29. The summed E-state index contributed by atoms with van der Waals surface area (Å²) in [5, 5.41) is 8.95. The molecule has 1 fully saturated rings. The van der Waals surface area contributed by atoms with E-state index in [1.54, 1.807) is 24.0 Å². The maximum Gasteiger partial charge on any atom is 0.320 e. The number of piperazine rings is 1. The Balaban J connectivity index is 1.93. The van der Waals surface area contributed by atoms with E-state index in [0.717, 1.165) is 0 Å². The summed E-state index contributed by atoms with van der Waals surface area (Å²) in [5.41, 5.74) is 0. The number of amides is 1. The predicted molar refractivity (Wildman–Crippen MR) is 71.0 cm³/mol. The lowest BCUT2D eigenvalue weighted by atomic mass is 10.2. The van der Waals surface area contributed by atoms with Crippen molar-refractivity contribution in [3.63, 3.8) is 0 Å². The van der Waals surface area contributed by atoms with Gasteiger partial charge in [-0.3, -0.25) is 14.5 Å². The van der Waals surface area contributed by atoms with E-state index in [-0.39, 0.29) is 5.91 Å². The van der Waals surface area contributed by atoms with Crippen molar-refractivity contribution < 1.29 is 19.1 Å². The van der Waals surface area contributed by atoms with E-state index in [4.69, 9.17) is 9.52 Å². The standard InChI is InChI=1S/C12H15BrN2O4/c1-8(12(17)18)14-4-6-15(7-5-14)11(16)9-2-3-10(13)19-9/h2-3,8H,4-7H2,1H3,(H,17,18). The number of furan rings is 1. The van der Waals surface area contributed by atoms with Gasteiger partial charge in [0, 0.05) is 26.2 Å². The molecule has 1 aromatic rings. The first-order chi connectivity index (χ1) is 8.99. The maximum atomic E-state index is 12.1. The first-order valence-electron chi connectivity index (χ1n) is 6.00. The van der Waals surface area contributed by atoms with Crippen LogP contribution in [0.5, 0.6) is 0 Å².